The van der Waals surface area contributed by atoms with E-state index in [0.717, 1.165) is 38.3 Å². The third-order valence-corrected chi connectivity index (χ3v) is 11.0. The predicted molar refractivity (Wildman–Crippen MR) is 233 cm³/mol. The summed E-state index contributed by atoms with van der Waals surface area (Å²) >= 11 is 0. The Labute approximate surface area is 350 Å². The number of fused-ring (bicyclic) bond motifs is 7. The molecule has 0 saturated heterocycles. The highest BCUT2D eigenvalue weighted by Crippen LogP contribution is 2.42. The number of nitro benzene ring substituents is 6. The number of aromatic nitrogens is 2. The van der Waals surface area contributed by atoms with Crippen LogP contribution in [0.15, 0.2) is 140 Å². The van der Waals surface area contributed by atoms with Gasteiger partial charge in [-0.3, -0.25) is 60.7 Å². The maximum Gasteiger partial charge on any atom is 0.283 e. The third-order valence-electron chi connectivity index (χ3n) is 11.0. The Morgan fingerprint density at radius 2 is 0.841 bits per heavy atom. The molecule has 9 rings (SSSR count). The van der Waals surface area contributed by atoms with Gasteiger partial charge in [0.1, 0.15) is 0 Å². The zero-order valence-corrected chi connectivity index (χ0v) is 31.8. The largest absolute Gasteiger partial charge is 0.309 e. The lowest BCUT2D eigenvalue weighted by Gasteiger charge is -2.18. The summed E-state index contributed by atoms with van der Waals surface area (Å²) in [7, 11) is 0. The molecule has 0 fully saturated rings. The zero-order valence-electron chi connectivity index (χ0n) is 31.8. The first-order chi connectivity index (χ1) is 30.3. The maximum atomic E-state index is 12.8. The van der Waals surface area contributed by atoms with Crippen molar-refractivity contribution < 1.29 is 29.5 Å². The van der Waals surface area contributed by atoms with Crippen LogP contribution in [0.5, 0.6) is 0 Å². The molecule has 0 aliphatic rings. The molecule has 0 spiro atoms. The van der Waals surface area contributed by atoms with Gasteiger partial charge in [-0.25, -0.2) is 0 Å². The number of hydrogen-bond acceptors (Lipinski definition) is 12. The van der Waals surface area contributed by atoms with Crippen molar-refractivity contribution in [2.24, 2.45) is 0 Å². The van der Waals surface area contributed by atoms with E-state index in [4.69, 9.17) is 0 Å². The number of para-hydroxylation sites is 3. The Hall–Kier alpha value is -9.40. The maximum absolute atomic E-state index is 12.8. The first-order valence-electron chi connectivity index (χ1n) is 18.6. The van der Waals surface area contributed by atoms with Gasteiger partial charge in [0.05, 0.1) is 86.8 Å². The van der Waals surface area contributed by atoms with E-state index in [-0.39, 0.29) is 5.46 Å². The first kappa shape index (κ1) is 39.1. The smallest absolute Gasteiger partial charge is 0.283 e. The topological polar surface area (TPSA) is 269 Å². The van der Waals surface area contributed by atoms with Gasteiger partial charge in [0.15, 0.2) is 0 Å². The molecular formula is C42H23BN8O12. The van der Waals surface area contributed by atoms with Gasteiger partial charge in [-0.05, 0) is 42.5 Å². The number of hydrogen-bond donors (Lipinski definition) is 0. The van der Waals surface area contributed by atoms with Crippen molar-refractivity contribution in [3.8, 4) is 11.4 Å². The highest BCUT2D eigenvalue weighted by Gasteiger charge is 2.46. The molecule has 0 saturated carbocycles. The number of nitrogens with zero attached hydrogens (tertiary/aromatic N) is 8. The van der Waals surface area contributed by atoms with E-state index in [2.05, 4.69) is 4.57 Å². The van der Waals surface area contributed by atoms with Crippen LogP contribution in [-0.4, -0.2) is 45.4 Å². The lowest BCUT2D eigenvalue weighted by molar-refractivity contribution is -0.401. The quantitative estimate of drug-likeness (QED) is 0.0684. The Morgan fingerprint density at radius 1 is 0.381 bits per heavy atom. The summed E-state index contributed by atoms with van der Waals surface area (Å²) in [5.74, 6) is 0. The predicted octanol–water partition coefficient (Wildman–Crippen LogP) is 7.85. The Kier molecular flexibility index (Phi) is 9.12. The fourth-order valence-corrected chi connectivity index (χ4v) is 8.58. The summed E-state index contributed by atoms with van der Waals surface area (Å²) in [6.45, 7) is -2.18. The number of non-ortho nitro benzene ring substituents is 2. The second kappa shape index (κ2) is 14.7. The molecule has 0 atom stereocenters. The molecule has 0 radical (unpaired) electrons. The van der Waals surface area contributed by atoms with Gasteiger partial charge in [-0.1, -0.05) is 78.3 Å². The molecule has 0 aliphatic carbocycles. The van der Waals surface area contributed by atoms with E-state index in [1.54, 1.807) is 12.1 Å². The van der Waals surface area contributed by atoms with Crippen LogP contribution < -0.4 is 16.4 Å². The molecule has 306 valence electrons. The van der Waals surface area contributed by atoms with Crippen LogP contribution in [0, 0.1) is 60.7 Å². The van der Waals surface area contributed by atoms with Crippen LogP contribution in [0.25, 0.3) is 55.0 Å². The van der Waals surface area contributed by atoms with E-state index >= 15 is 0 Å². The van der Waals surface area contributed by atoms with Crippen LogP contribution in [0.3, 0.4) is 0 Å². The lowest BCUT2D eigenvalue weighted by atomic mass is 9.35. The molecule has 9 aromatic rings. The van der Waals surface area contributed by atoms with Crippen LogP contribution in [0.4, 0.5) is 34.1 Å². The lowest BCUT2D eigenvalue weighted by Crippen LogP contribution is -2.54. The first-order valence-corrected chi connectivity index (χ1v) is 18.6. The SMILES string of the molecule is O=[N+]([O-])c1cc([N+](=O)[O-])c(B(c2cccc(-n3c4ccccc4c4ccc5c(c6ccccc6n5-c5ccccc5)c43)c2)c2c([N+](=O)[O-])cc([N+](=O)[O-])cc2[N+](=O)[O-])c([N+](=O)[O-])c1. The van der Waals surface area contributed by atoms with Gasteiger partial charge in [-0.2, -0.15) is 0 Å². The van der Waals surface area contributed by atoms with E-state index < -0.39 is 81.3 Å². The fourth-order valence-electron chi connectivity index (χ4n) is 8.58. The van der Waals surface area contributed by atoms with Gasteiger partial charge in [0.25, 0.3) is 40.8 Å². The monoisotopic (exact) mass is 842 g/mol. The van der Waals surface area contributed by atoms with Gasteiger partial charge in [-0.15, -0.1) is 0 Å². The summed E-state index contributed by atoms with van der Waals surface area (Å²) < 4.78 is 3.96. The van der Waals surface area contributed by atoms with Crippen LogP contribution in [-0.2, 0) is 0 Å². The highest BCUT2D eigenvalue weighted by molar-refractivity contribution is 6.98. The average molecular weight is 843 g/mol. The summed E-state index contributed by atoms with van der Waals surface area (Å²) in [6.07, 6.45) is 0. The Morgan fingerprint density at radius 3 is 1.35 bits per heavy atom. The second-order valence-corrected chi connectivity index (χ2v) is 14.3. The van der Waals surface area contributed by atoms with Crippen molar-refractivity contribution in [3.63, 3.8) is 0 Å². The minimum atomic E-state index is -2.18. The molecule has 2 aromatic heterocycles. The van der Waals surface area contributed by atoms with Crippen molar-refractivity contribution >= 4 is 101 Å². The zero-order chi connectivity index (χ0) is 44.4. The van der Waals surface area contributed by atoms with Crippen LogP contribution in [0.1, 0.15) is 0 Å². The molecule has 21 heteroatoms. The Balaban J connectivity index is 1.44. The summed E-state index contributed by atoms with van der Waals surface area (Å²) in [6, 6.07) is 36.1. The normalized spacial score (nSPS) is 11.3. The second-order valence-electron chi connectivity index (χ2n) is 14.3. The van der Waals surface area contributed by atoms with Crippen LogP contribution in [0.2, 0.25) is 0 Å². The van der Waals surface area contributed by atoms with Gasteiger partial charge in [0.2, 0.25) is 0 Å². The average Bonchev–Trinajstić information content (AvgIpc) is 3.79. The molecule has 0 N–H and O–H groups in total. The number of rotatable bonds is 11. The minimum Gasteiger partial charge on any atom is -0.309 e. The minimum absolute atomic E-state index is 0.211. The van der Waals surface area contributed by atoms with E-state index in [9.17, 15) is 60.7 Å². The molecule has 0 unspecified atom stereocenters. The highest BCUT2D eigenvalue weighted by atomic mass is 16.6. The Bertz CT molecular complexity index is 3350. The van der Waals surface area contributed by atoms with E-state index in [0.29, 0.717) is 41.0 Å². The summed E-state index contributed by atoms with van der Waals surface area (Å²) in [5, 5.41) is 78.3. The molecule has 0 amide bonds. The van der Waals surface area contributed by atoms with Crippen molar-refractivity contribution in [1.29, 1.82) is 0 Å². The number of benzene rings is 7. The van der Waals surface area contributed by atoms with E-state index in [1.807, 2.05) is 89.5 Å². The molecule has 7 aromatic carbocycles. The van der Waals surface area contributed by atoms with Gasteiger partial charge < -0.3 is 9.13 Å². The van der Waals surface area contributed by atoms with Crippen molar-refractivity contribution in [2.45, 2.75) is 0 Å². The van der Waals surface area contributed by atoms with Crippen molar-refractivity contribution in [3.05, 3.63) is 200 Å². The van der Waals surface area contributed by atoms with E-state index in [1.165, 1.54) is 18.2 Å². The molecule has 0 bridgehead atoms. The van der Waals surface area contributed by atoms with Crippen LogP contribution >= 0.6 is 0 Å². The number of nitro groups is 6. The summed E-state index contributed by atoms with van der Waals surface area (Å²) in [4.78, 5) is 68.1. The van der Waals surface area contributed by atoms with Gasteiger partial charge in [0, 0.05) is 32.9 Å². The molecular weight excluding hydrogens is 819 g/mol. The van der Waals surface area contributed by atoms with Gasteiger partial charge >= 0.3 is 0 Å². The molecule has 0 aliphatic heterocycles. The molecule has 2 heterocycles. The molecule has 20 nitrogen and oxygen atoms in total. The van der Waals surface area contributed by atoms with Crippen molar-refractivity contribution in [2.75, 3.05) is 0 Å². The third kappa shape index (κ3) is 6.18. The molecule has 63 heavy (non-hydrogen) atoms. The summed E-state index contributed by atoms with van der Waals surface area (Å²) in [5.41, 5.74) is -5.23. The van der Waals surface area contributed by atoms with Crippen molar-refractivity contribution in [1.82, 2.24) is 9.13 Å². The standard InChI is InChI=1S/C42H23BN8O12/c52-46(53)27-20-35(48(56)57)40(36(21-27)49(58)59)43(41-37(50(60)61)22-28(47(54)55)23-38(41)51(62)63)24-9-8-12-26(19-24)45-32-15-6-4-13-29(32)30-17-18-34-39(42(30)45)31-14-5-7-16-33(31)44(34)25-10-2-1-3-11-25/h1-23H. The fraction of sp³-hybridized carbons (Fsp3) is 0.